The molecule has 1 atom stereocenters. The van der Waals surface area contributed by atoms with Crippen LogP contribution in [0.2, 0.25) is 0 Å². The van der Waals surface area contributed by atoms with Gasteiger partial charge in [-0.15, -0.1) is 0 Å². The van der Waals surface area contributed by atoms with Crippen LogP contribution in [0.1, 0.15) is 38.5 Å². The van der Waals surface area contributed by atoms with E-state index in [9.17, 15) is 0 Å². The van der Waals surface area contributed by atoms with Gasteiger partial charge in [-0.05, 0) is 57.4 Å². The molecule has 3 saturated heterocycles. The standard InChI is InChI=1S/C17H32N4OS/c1-18-16(19-13-15-5-4-12-23-15)20-14-17(6-10-22-11-7-17)21-8-2-3-9-21/h15H,2-14H2,1H3,(H2,18,19,20). The largest absolute Gasteiger partial charge is 0.381 e. The number of guanidine groups is 1. The van der Waals surface area contributed by atoms with Crippen molar-refractivity contribution in [2.24, 2.45) is 4.99 Å². The van der Waals surface area contributed by atoms with Gasteiger partial charge in [0.2, 0.25) is 0 Å². The zero-order chi connectivity index (χ0) is 16.0. The summed E-state index contributed by atoms with van der Waals surface area (Å²) in [4.78, 5) is 7.12. The number of thioether (sulfide) groups is 1. The maximum atomic E-state index is 5.63. The van der Waals surface area contributed by atoms with Gasteiger partial charge in [0.05, 0.1) is 0 Å². The summed E-state index contributed by atoms with van der Waals surface area (Å²) in [6.07, 6.45) is 7.65. The normalized spacial score (nSPS) is 28.9. The molecule has 0 aromatic rings. The van der Waals surface area contributed by atoms with Crippen molar-refractivity contribution in [1.29, 1.82) is 0 Å². The molecule has 0 radical (unpaired) electrons. The van der Waals surface area contributed by atoms with Crippen LogP contribution in [0.15, 0.2) is 4.99 Å². The third-order valence-corrected chi connectivity index (χ3v) is 6.93. The summed E-state index contributed by atoms with van der Waals surface area (Å²) in [7, 11) is 1.88. The molecule has 6 heteroatoms. The van der Waals surface area contributed by atoms with Crippen molar-refractivity contribution in [1.82, 2.24) is 15.5 Å². The highest BCUT2D eigenvalue weighted by Gasteiger charge is 2.39. The number of rotatable bonds is 5. The van der Waals surface area contributed by atoms with Crippen LogP contribution in [0.3, 0.4) is 0 Å². The number of nitrogens with zero attached hydrogens (tertiary/aromatic N) is 2. The maximum absolute atomic E-state index is 5.63. The number of nitrogens with one attached hydrogen (secondary N) is 2. The SMILES string of the molecule is CN=C(NCC1CCCS1)NCC1(N2CCCC2)CCOCC1. The van der Waals surface area contributed by atoms with Crippen molar-refractivity contribution in [3.8, 4) is 0 Å². The van der Waals surface area contributed by atoms with Gasteiger partial charge < -0.3 is 15.4 Å². The maximum Gasteiger partial charge on any atom is 0.191 e. The van der Waals surface area contributed by atoms with Gasteiger partial charge in [0.25, 0.3) is 0 Å². The van der Waals surface area contributed by atoms with Gasteiger partial charge in [0.15, 0.2) is 5.96 Å². The van der Waals surface area contributed by atoms with E-state index in [4.69, 9.17) is 4.74 Å². The number of hydrogen-bond acceptors (Lipinski definition) is 4. The van der Waals surface area contributed by atoms with Crippen LogP contribution in [-0.4, -0.2) is 73.8 Å². The van der Waals surface area contributed by atoms with Crippen LogP contribution in [-0.2, 0) is 4.74 Å². The second-order valence-electron chi connectivity index (χ2n) is 6.97. The summed E-state index contributed by atoms with van der Waals surface area (Å²) in [6.45, 7) is 6.28. The van der Waals surface area contributed by atoms with Crippen molar-refractivity contribution in [2.75, 3.05) is 52.2 Å². The van der Waals surface area contributed by atoms with Crippen LogP contribution in [0.5, 0.6) is 0 Å². The second kappa shape index (κ2) is 8.58. The van der Waals surface area contributed by atoms with E-state index in [1.165, 1.54) is 44.5 Å². The monoisotopic (exact) mass is 340 g/mol. The van der Waals surface area contributed by atoms with Gasteiger partial charge in [-0.2, -0.15) is 11.8 Å². The second-order valence-corrected chi connectivity index (χ2v) is 8.38. The van der Waals surface area contributed by atoms with E-state index in [1.54, 1.807) is 0 Å². The fourth-order valence-corrected chi connectivity index (χ4v) is 5.23. The Kier molecular flexibility index (Phi) is 6.48. The van der Waals surface area contributed by atoms with Gasteiger partial charge in [-0.25, -0.2) is 0 Å². The quantitative estimate of drug-likeness (QED) is 0.589. The summed E-state index contributed by atoms with van der Waals surface area (Å²) >= 11 is 2.09. The van der Waals surface area contributed by atoms with Gasteiger partial charge in [-0.1, -0.05) is 0 Å². The highest BCUT2D eigenvalue weighted by molar-refractivity contribution is 8.00. The number of ether oxygens (including phenoxy) is 1. The third kappa shape index (κ3) is 4.54. The minimum Gasteiger partial charge on any atom is -0.381 e. The molecule has 0 aromatic carbocycles. The Balaban J connectivity index is 1.51. The van der Waals surface area contributed by atoms with Gasteiger partial charge >= 0.3 is 0 Å². The van der Waals surface area contributed by atoms with E-state index in [1.807, 2.05) is 7.05 Å². The number of hydrogen-bond donors (Lipinski definition) is 2. The van der Waals surface area contributed by atoms with Gasteiger partial charge in [0.1, 0.15) is 0 Å². The first-order valence-electron chi connectivity index (χ1n) is 9.21. The first kappa shape index (κ1) is 17.4. The molecule has 3 rings (SSSR count). The molecule has 3 aliphatic rings. The molecule has 5 nitrogen and oxygen atoms in total. The van der Waals surface area contributed by atoms with Crippen molar-refractivity contribution in [2.45, 2.75) is 49.3 Å². The summed E-state index contributed by atoms with van der Waals surface area (Å²) < 4.78 is 5.63. The fourth-order valence-electron chi connectivity index (χ4n) is 4.03. The predicted molar refractivity (Wildman–Crippen MR) is 98.4 cm³/mol. The van der Waals surface area contributed by atoms with Crippen LogP contribution in [0.25, 0.3) is 0 Å². The van der Waals surface area contributed by atoms with Crippen LogP contribution in [0.4, 0.5) is 0 Å². The molecular formula is C17H32N4OS. The summed E-state index contributed by atoms with van der Waals surface area (Å²) in [5, 5.41) is 7.89. The molecule has 3 fully saturated rings. The van der Waals surface area contributed by atoms with Crippen LogP contribution >= 0.6 is 11.8 Å². The molecule has 0 amide bonds. The first-order chi connectivity index (χ1) is 11.3. The summed E-state index contributed by atoms with van der Waals surface area (Å²) in [5.41, 5.74) is 0.258. The Morgan fingerprint density at radius 2 is 2.00 bits per heavy atom. The van der Waals surface area contributed by atoms with Crippen LogP contribution < -0.4 is 10.6 Å². The van der Waals surface area contributed by atoms with E-state index in [2.05, 4.69) is 32.3 Å². The summed E-state index contributed by atoms with van der Waals surface area (Å²) in [5.74, 6) is 2.28. The molecule has 3 aliphatic heterocycles. The zero-order valence-corrected chi connectivity index (χ0v) is 15.3. The van der Waals surface area contributed by atoms with E-state index in [0.717, 1.165) is 50.4 Å². The molecule has 0 saturated carbocycles. The van der Waals surface area contributed by atoms with Crippen molar-refractivity contribution >= 4 is 17.7 Å². The van der Waals surface area contributed by atoms with E-state index in [-0.39, 0.29) is 5.54 Å². The lowest BCUT2D eigenvalue weighted by atomic mass is 9.88. The van der Waals surface area contributed by atoms with Gasteiger partial charge in [0, 0.05) is 44.1 Å². The zero-order valence-electron chi connectivity index (χ0n) is 14.5. The molecule has 2 N–H and O–H groups in total. The molecule has 1 unspecified atom stereocenters. The van der Waals surface area contributed by atoms with Crippen LogP contribution in [0, 0.1) is 0 Å². The topological polar surface area (TPSA) is 48.9 Å². The molecule has 0 aliphatic carbocycles. The smallest absolute Gasteiger partial charge is 0.191 e. The third-order valence-electron chi connectivity index (χ3n) is 5.53. The lowest BCUT2D eigenvalue weighted by molar-refractivity contribution is -0.0164. The Morgan fingerprint density at radius 1 is 1.22 bits per heavy atom. The highest BCUT2D eigenvalue weighted by atomic mass is 32.2. The Labute approximate surface area is 145 Å². The van der Waals surface area contributed by atoms with Crippen molar-refractivity contribution < 1.29 is 4.74 Å². The fraction of sp³-hybridized carbons (Fsp3) is 0.941. The molecule has 132 valence electrons. The lowest BCUT2D eigenvalue weighted by Gasteiger charge is -2.45. The average molecular weight is 341 g/mol. The molecule has 0 bridgehead atoms. The van der Waals surface area contributed by atoms with E-state index >= 15 is 0 Å². The minimum absolute atomic E-state index is 0.258. The molecule has 3 heterocycles. The Bertz CT molecular complexity index is 386. The lowest BCUT2D eigenvalue weighted by Crippen LogP contribution is -2.58. The number of aliphatic imine (C=N–C) groups is 1. The molecule has 0 aromatic heterocycles. The Morgan fingerprint density at radius 3 is 2.65 bits per heavy atom. The van der Waals surface area contributed by atoms with Crippen molar-refractivity contribution in [3.63, 3.8) is 0 Å². The molecular weight excluding hydrogens is 308 g/mol. The Hall–Kier alpha value is -0.460. The number of likely N-dealkylation sites (tertiary alicyclic amines) is 1. The van der Waals surface area contributed by atoms with Crippen molar-refractivity contribution in [3.05, 3.63) is 0 Å². The first-order valence-corrected chi connectivity index (χ1v) is 10.3. The van der Waals surface area contributed by atoms with E-state index in [0.29, 0.717) is 0 Å². The highest BCUT2D eigenvalue weighted by Crippen LogP contribution is 2.30. The van der Waals surface area contributed by atoms with Gasteiger partial charge in [-0.3, -0.25) is 9.89 Å². The minimum atomic E-state index is 0.258. The predicted octanol–water partition coefficient (Wildman–Crippen LogP) is 1.69. The molecule has 0 spiro atoms. The van der Waals surface area contributed by atoms with E-state index < -0.39 is 0 Å². The molecule has 23 heavy (non-hydrogen) atoms. The average Bonchev–Trinajstić information content (AvgIpc) is 3.30. The summed E-state index contributed by atoms with van der Waals surface area (Å²) in [6, 6.07) is 0.